The molecule has 0 aliphatic heterocycles. The van der Waals surface area contributed by atoms with Crippen molar-refractivity contribution in [1.82, 2.24) is 5.32 Å². The summed E-state index contributed by atoms with van der Waals surface area (Å²) in [6.07, 6.45) is 2.11. The SMILES string of the molecule is CCc1cc(=O)oc2cc(OC(=O)C(CCSC)NC(=O)OCc3ccccc3)c(Cl)cc12. The number of thioether (sulfide) groups is 1. The van der Waals surface area contributed by atoms with E-state index in [2.05, 4.69) is 5.32 Å². The van der Waals surface area contributed by atoms with Crippen LogP contribution >= 0.6 is 23.4 Å². The summed E-state index contributed by atoms with van der Waals surface area (Å²) < 4.78 is 15.9. The molecule has 0 saturated carbocycles. The Balaban J connectivity index is 1.73. The van der Waals surface area contributed by atoms with Gasteiger partial charge >= 0.3 is 17.7 Å². The van der Waals surface area contributed by atoms with Crippen molar-refractivity contribution in [3.05, 3.63) is 75.1 Å². The summed E-state index contributed by atoms with van der Waals surface area (Å²) >= 11 is 7.86. The zero-order valence-corrected chi connectivity index (χ0v) is 19.8. The van der Waals surface area contributed by atoms with E-state index in [1.54, 1.807) is 6.07 Å². The van der Waals surface area contributed by atoms with E-state index in [4.69, 9.17) is 25.5 Å². The highest BCUT2D eigenvalue weighted by molar-refractivity contribution is 7.98. The average molecular weight is 490 g/mol. The highest BCUT2D eigenvalue weighted by Gasteiger charge is 2.24. The van der Waals surface area contributed by atoms with Crippen LogP contribution in [0, 0.1) is 0 Å². The molecule has 1 N–H and O–H groups in total. The molecule has 0 bridgehead atoms. The average Bonchev–Trinajstić information content (AvgIpc) is 2.81. The van der Waals surface area contributed by atoms with E-state index in [1.165, 1.54) is 23.9 Å². The smallest absolute Gasteiger partial charge is 0.408 e. The number of fused-ring (bicyclic) bond motifs is 1. The van der Waals surface area contributed by atoms with E-state index in [0.29, 0.717) is 24.0 Å². The van der Waals surface area contributed by atoms with Gasteiger partial charge in [0.25, 0.3) is 0 Å². The molecule has 0 aliphatic carbocycles. The Morgan fingerprint density at radius 1 is 1.18 bits per heavy atom. The highest BCUT2D eigenvalue weighted by atomic mass is 35.5. The molecule has 1 heterocycles. The van der Waals surface area contributed by atoms with Gasteiger partial charge in [-0.05, 0) is 42.0 Å². The fourth-order valence-corrected chi connectivity index (χ4v) is 3.84. The molecule has 3 rings (SSSR count). The normalized spacial score (nSPS) is 11.7. The Morgan fingerprint density at radius 2 is 1.94 bits per heavy atom. The van der Waals surface area contributed by atoms with Crippen LogP contribution in [0.2, 0.25) is 5.02 Å². The van der Waals surface area contributed by atoms with Crippen molar-refractivity contribution in [2.24, 2.45) is 0 Å². The third-order valence-corrected chi connectivity index (χ3v) is 5.81. The van der Waals surface area contributed by atoms with Gasteiger partial charge in [-0.2, -0.15) is 11.8 Å². The summed E-state index contributed by atoms with van der Waals surface area (Å²) in [5, 5.41) is 3.42. The van der Waals surface area contributed by atoms with Crippen molar-refractivity contribution in [3.63, 3.8) is 0 Å². The molecule has 1 amide bonds. The Kier molecular flexibility index (Phi) is 8.79. The number of carbonyl (C=O) groups excluding carboxylic acids is 2. The maximum absolute atomic E-state index is 12.9. The van der Waals surface area contributed by atoms with Gasteiger partial charge in [0.15, 0.2) is 5.75 Å². The number of rotatable bonds is 9. The van der Waals surface area contributed by atoms with Gasteiger partial charge in [0.1, 0.15) is 18.2 Å². The van der Waals surface area contributed by atoms with Crippen molar-refractivity contribution < 1.29 is 23.5 Å². The Labute approximate surface area is 200 Å². The highest BCUT2D eigenvalue weighted by Crippen LogP contribution is 2.31. The number of hydrogen-bond donors (Lipinski definition) is 1. The van der Waals surface area contributed by atoms with Gasteiger partial charge in [-0.3, -0.25) is 0 Å². The van der Waals surface area contributed by atoms with Crippen LogP contribution in [-0.4, -0.2) is 30.1 Å². The van der Waals surface area contributed by atoms with Crippen LogP contribution in [0.25, 0.3) is 11.0 Å². The molecule has 7 nitrogen and oxygen atoms in total. The molecule has 0 spiro atoms. The summed E-state index contributed by atoms with van der Waals surface area (Å²) in [5.41, 5.74) is 1.37. The van der Waals surface area contributed by atoms with Crippen LogP contribution in [0.1, 0.15) is 24.5 Å². The van der Waals surface area contributed by atoms with Gasteiger partial charge in [-0.1, -0.05) is 48.9 Å². The summed E-state index contributed by atoms with van der Waals surface area (Å²) in [4.78, 5) is 36.9. The predicted octanol–water partition coefficient (Wildman–Crippen LogP) is 4.96. The molecule has 0 saturated heterocycles. The van der Waals surface area contributed by atoms with E-state index in [1.807, 2.05) is 43.5 Å². The molecule has 2 aromatic carbocycles. The summed E-state index contributed by atoms with van der Waals surface area (Å²) in [6.45, 7) is 1.99. The molecule has 9 heteroatoms. The molecule has 0 aliphatic rings. The maximum atomic E-state index is 12.9. The first-order valence-electron chi connectivity index (χ1n) is 10.4. The van der Waals surface area contributed by atoms with E-state index in [0.717, 1.165) is 11.1 Å². The van der Waals surface area contributed by atoms with Crippen molar-refractivity contribution in [2.45, 2.75) is 32.4 Å². The Morgan fingerprint density at radius 3 is 2.64 bits per heavy atom. The number of hydrogen-bond acceptors (Lipinski definition) is 7. The van der Waals surface area contributed by atoms with E-state index in [-0.39, 0.29) is 23.0 Å². The van der Waals surface area contributed by atoms with E-state index in [9.17, 15) is 14.4 Å². The molecule has 3 aromatic rings. The van der Waals surface area contributed by atoms with Crippen LogP contribution in [-0.2, 0) is 22.6 Å². The van der Waals surface area contributed by atoms with Gasteiger partial charge in [-0.15, -0.1) is 0 Å². The zero-order chi connectivity index (χ0) is 23.8. The summed E-state index contributed by atoms with van der Waals surface area (Å²) in [6, 6.07) is 12.7. The quantitative estimate of drug-likeness (QED) is 0.258. The molecular weight excluding hydrogens is 466 g/mol. The summed E-state index contributed by atoms with van der Waals surface area (Å²) in [7, 11) is 0. The summed E-state index contributed by atoms with van der Waals surface area (Å²) in [5.74, 6) is -0.0472. The zero-order valence-electron chi connectivity index (χ0n) is 18.3. The maximum Gasteiger partial charge on any atom is 0.408 e. The van der Waals surface area contributed by atoms with Gasteiger partial charge in [-0.25, -0.2) is 14.4 Å². The Bertz CT molecular complexity index is 1180. The lowest BCUT2D eigenvalue weighted by molar-refractivity contribution is -0.136. The molecule has 1 unspecified atom stereocenters. The molecule has 33 heavy (non-hydrogen) atoms. The second-order valence-corrected chi connectivity index (χ2v) is 8.58. The minimum Gasteiger partial charge on any atom is -0.445 e. The fourth-order valence-electron chi connectivity index (χ4n) is 3.17. The number of aryl methyl sites for hydroxylation is 1. The minimum atomic E-state index is -0.943. The standard InChI is InChI=1S/C24H24ClNO6S/c1-3-16-11-22(27)31-20-13-21(18(25)12-17(16)20)32-23(28)19(9-10-33-2)26-24(29)30-14-15-7-5-4-6-8-15/h4-8,11-13,19H,3,9-10,14H2,1-2H3,(H,26,29). The fraction of sp³-hybridized carbons (Fsp3) is 0.292. The first-order chi connectivity index (χ1) is 15.9. The lowest BCUT2D eigenvalue weighted by atomic mass is 10.1. The van der Waals surface area contributed by atoms with Crippen molar-refractivity contribution in [2.75, 3.05) is 12.0 Å². The number of amides is 1. The van der Waals surface area contributed by atoms with Crippen molar-refractivity contribution in [3.8, 4) is 5.75 Å². The van der Waals surface area contributed by atoms with Gasteiger partial charge in [0, 0.05) is 17.5 Å². The Hall–Kier alpha value is -2.97. The number of carbonyl (C=O) groups is 2. The third-order valence-electron chi connectivity index (χ3n) is 4.87. The molecular formula is C24H24ClNO6S. The van der Waals surface area contributed by atoms with Crippen LogP contribution in [0.15, 0.2) is 57.7 Å². The number of nitrogens with one attached hydrogen (secondary N) is 1. The predicted molar refractivity (Wildman–Crippen MR) is 129 cm³/mol. The van der Waals surface area contributed by atoms with Gasteiger partial charge in [0.2, 0.25) is 0 Å². The number of halogens is 1. The largest absolute Gasteiger partial charge is 0.445 e. The van der Waals surface area contributed by atoms with Crippen LogP contribution in [0.4, 0.5) is 4.79 Å². The lowest BCUT2D eigenvalue weighted by Crippen LogP contribution is -2.43. The van der Waals surface area contributed by atoms with E-state index >= 15 is 0 Å². The first-order valence-corrected chi connectivity index (χ1v) is 12.1. The second kappa shape index (κ2) is 11.8. The topological polar surface area (TPSA) is 94.8 Å². The first kappa shape index (κ1) is 24.7. The monoisotopic (exact) mass is 489 g/mol. The van der Waals surface area contributed by atoms with Gasteiger partial charge < -0.3 is 19.2 Å². The number of esters is 1. The number of benzene rings is 2. The van der Waals surface area contributed by atoms with Crippen LogP contribution < -0.4 is 15.7 Å². The van der Waals surface area contributed by atoms with Crippen molar-refractivity contribution >= 4 is 46.4 Å². The number of alkyl carbamates (subject to hydrolysis) is 1. The van der Waals surface area contributed by atoms with Crippen LogP contribution in [0.5, 0.6) is 5.75 Å². The molecule has 0 fully saturated rings. The lowest BCUT2D eigenvalue weighted by Gasteiger charge is -2.18. The molecule has 1 atom stereocenters. The van der Waals surface area contributed by atoms with Crippen molar-refractivity contribution in [1.29, 1.82) is 0 Å². The van der Waals surface area contributed by atoms with E-state index < -0.39 is 23.7 Å². The molecule has 0 radical (unpaired) electrons. The molecule has 174 valence electrons. The third kappa shape index (κ3) is 6.76. The van der Waals surface area contributed by atoms with Crippen LogP contribution in [0.3, 0.4) is 0 Å². The second-order valence-electron chi connectivity index (χ2n) is 7.18. The number of ether oxygens (including phenoxy) is 2. The molecule has 1 aromatic heterocycles. The minimum absolute atomic E-state index is 0.0409. The van der Waals surface area contributed by atoms with Gasteiger partial charge in [0.05, 0.1) is 5.02 Å².